The minimum absolute atomic E-state index is 0.474. The molecule has 0 N–H and O–H groups in total. The normalized spacial score (nSPS) is 14.8. The Morgan fingerprint density at radius 3 is 2.53 bits per heavy atom. The van der Waals surface area contributed by atoms with Gasteiger partial charge < -0.3 is 9.30 Å². The van der Waals surface area contributed by atoms with Crippen LogP contribution >= 0.6 is 0 Å². The maximum Gasteiger partial charge on any atom is 0.145 e. The highest BCUT2D eigenvalue weighted by molar-refractivity contribution is 6.76. The van der Waals surface area contributed by atoms with Crippen LogP contribution in [-0.2, 0) is 29.7 Å². The van der Waals surface area contributed by atoms with Gasteiger partial charge in [0.2, 0.25) is 0 Å². The molecule has 0 aliphatic heterocycles. The molecule has 0 saturated heterocycles. The molecule has 0 amide bonds. The van der Waals surface area contributed by atoms with E-state index >= 15 is 0 Å². The molecule has 0 radical (unpaired) electrons. The van der Waals surface area contributed by atoms with Crippen molar-refractivity contribution in [2.75, 3.05) is 6.61 Å². The Balaban J connectivity index is 1.44. The summed E-state index contributed by atoms with van der Waals surface area (Å²) in [7, 11) is -1.12. The fourth-order valence-corrected chi connectivity index (χ4v) is 5.41. The predicted molar refractivity (Wildman–Crippen MR) is 136 cm³/mol. The number of rotatable bonds is 7. The molecule has 172 valence electrons. The third-order valence-electron chi connectivity index (χ3n) is 6.62. The van der Waals surface area contributed by atoms with E-state index in [1.807, 2.05) is 41.1 Å². The van der Waals surface area contributed by atoms with E-state index in [0.717, 1.165) is 40.6 Å². The van der Waals surface area contributed by atoms with Crippen LogP contribution in [0.4, 0.5) is 0 Å². The molecule has 0 spiro atoms. The Morgan fingerprint density at radius 1 is 1.06 bits per heavy atom. The van der Waals surface area contributed by atoms with Gasteiger partial charge in [-0.1, -0.05) is 43.9 Å². The van der Waals surface area contributed by atoms with Crippen molar-refractivity contribution in [3.8, 4) is 17.3 Å². The molecule has 0 saturated carbocycles. The van der Waals surface area contributed by atoms with Gasteiger partial charge in [0.05, 0.1) is 17.5 Å². The lowest BCUT2D eigenvalue weighted by atomic mass is 9.82. The van der Waals surface area contributed by atoms with Gasteiger partial charge in [0, 0.05) is 38.0 Å². The van der Waals surface area contributed by atoms with Crippen LogP contribution in [0, 0.1) is 11.3 Å². The first-order valence-electron chi connectivity index (χ1n) is 11.7. The van der Waals surface area contributed by atoms with Gasteiger partial charge in [0.25, 0.3) is 0 Å². The number of aromatic nitrogens is 4. The van der Waals surface area contributed by atoms with E-state index < -0.39 is 13.5 Å². The molecule has 34 heavy (non-hydrogen) atoms. The van der Waals surface area contributed by atoms with Crippen molar-refractivity contribution in [3.05, 3.63) is 78.0 Å². The molecule has 1 aromatic carbocycles. The van der Waals surface area contributed by atoms with Gasteiger partial charge in [-0.15, -0.1) is 0 Å². The maximum absolute atomic E-state index is 10.2. The number of hydrogen-bond donors (Lipinski definition) is 0. The molecule has 0 bridgehead atoms. The highest BCUT2D eigenvalue weighted by Crippen LogP contribution is 2.39. The summed E-state index contributed by atoms with van der Waals surface area (Å²) >= 11 is 0. The third kappa shape index (κ3) is 4.27. The Kier molecular flexibility index (Phi) is 5.80. The standard InChI is InChI=1S/C27H29N5OSi/c1-34(2,3)13-12-33-19-32-11-9-23-25(30-18-31-26(23)32)20-8-10-29-24(14-20)27(17-28)15-21-6-4-5-7-22(21)16-27/h4-11,14,18H,12-13,15-16,19H2,1-3H3. The van der Waals surface area contributed by atoms with Gasteiger partial charge in [-0.3, -0.25) is 4.98 Å². The topological polar surface area (TPSA) is 76.6 Å². The predicted octanol–water partition coefficient (Wildman–Crippen LogP) is 5.37. The van der Waals surface area contributed by atoms with Crippen molar-refractivity contribution in [3.63, 3.8) is 0 Å². The second kappa shape index (κ2) is 8.78. The number of hydrogen-bond acceptors (Lipinski definition) is 5. The molecule has 7 heteroatoms. The molecule has 0 atom stereocenters. The first-order valence-corrected chi connectivity index (χ1v) is 15.4. The molecule has 1 aliphatic carbocycles. The number of pyridine rings is 1. The van der Waals surface area contributed by atoms with Crippen LogP contribution in [0.5, 0.6) is 0 Å². The molecule has 5 rings (SSSR count). The van der Waals surface area contributed by atoms with E-state index in [-0.39, 0.29) is 0 Å². The third-order valence-corrected chi connectivity index (χ3v) is 8.33. The van der Waals surface area contributed by atoms with Gasteiger partial charge in [-0.05, 0) is 48.2 Å². The van der Waals surface area contributed by atoms with Crippen LogP contribution in [0.15, 0.2) is 61.2 Å². The largest absolute Gasteiger partial charge is 0.361 e. The van der Waals surface area contributed by atoms with Crippen LogP contribution < -0.4 is 0 Å². The average Bonchev–Trinajstić information content (AvgIpc) is 3.43. The van der Waals surface area contributed by atoms with Crippen molar-refractivity contribution < 1.29 is 4.74 Å². The van der Waals surface area contributed by atoms with Crippen LogP contribution in [0.2, 0.25) is 25.7 Å². The van der Waals surface area contributed by atoms with Crippen LogP contribution in [0.3, 0.4) is 0 Å². The Hall–Kier alpha value is -3.34. The fraction of sp³-hybridized carbons (Fsp3) is 0.333. The zero-order valence-electron chi connectivity index (χ0n) is 20.0. The zero-order chi connectivity index (χ0) is 23.8. The highest BCUT2D eigenvalue weighted by atomic mass is 28.3. The van der Waals surface area contributed by atoms with Gasteiger partial charge in [0.15, 0.2) is 0 Å². The lowest BCUT2D eigenvalue weighted by Gasteiger charge is -2.20. The Bertz CT molecular complexity index is 1360. The lowest BCUT2D eigenvalue weighted by Crippen LogP contribution is -2.26. The van der Waals surface area contributed by atoms with E-state index in [9.17, 15) is 5.26 Å². The number of ether oxygens (including phenoxy) is 1. The number of fused-ring (bicyclic) bond motifs is 2. The second-order valence-electron chi connectivity index (χ2n) is 10.3. The van der Waals surface area contributed by atoms with E-state index in [4.69, 9.17) is 4.74 Å². The molecule has 6 nitrogen and oxygen atoms in total. The first-order chi connectivity index (χ1) is 16.4. The quantitative estimate of drug-likeness (QED) is 0.270. The molecule has 0 unspecified atom stereocenters. The smallest absolute Gasteiger partial charge is 0.145 e. The minimum Gasteiger partial charge on any atom is -0.361 e. The summed E-state index contributed by atoms with van der Waals surface area (Å²) in [5.74, 6) is 0. The van der Waals surface area contributed by atoms with Crippen molar-refractivity contribution in [1.82, 2.24) is 19.5 Å². The highest BCUT2D eigenvalue weighted by Gasteiger charge is 2.40. The summed E-state index contributed by atoms with van der Waals surface area (Å²) in [4.78, 5) is 13.8. The molecular weight excluding hydrogens is 438 g/mol. The molecule has 4 aromatic rings. The maximum atomic E-state index is 10.2. The number of nitriles is 1. The zero-order valence-corrected chi connectivity index (χ0v) is 21.0. The van der Waals surface area contributed by atoms with Crippen molar-refractivity contribution in [1.29, 1.82) is 5.26 Å². The van der Waals surface area contributed by atoms with Gasteiger partial charge in [-0.2, -0.15) is 5.26 Å². The summed E-state index contributed by atoms with van der Waals surface area (Å²) in [5, 5.41) is 11.2. The van der Waals surface area contributed by atoms with Crippen molar-refractivity contribution >= 4 is 19.1 Å². The van der Waals surface area contributed by atoms with Crippen LogP contribution in [0.1, 0.15) is 16.8 Å². The number of benzene rings is 1. The van der Waals surface area contributed by atoms with E-state index in [1.165, 1.54) is 11.1 Å². The van der Waals surface area contributed by atoms with Crippen molar-refractivity contribution in [2.45, 2.75) is 50.7 Å². The molecule has 3 heterocycles. The molecule has 3 aromatic heterocycles. The van der Waals surface area contributed by atoms with Crippen LogP contribution in [-0.4, -0.2) is 34.2 Å². The lowest BCUT2D eigenvalue weighted by molar-refractivity contribution is 0.0899. The van der Waals surface area contributed by atoms with E-state index in [1.54, 1.807) is 12.5 Å². The Morgan fingerprint density at radius 2 is 1.82 bits per heavy atom. The van der Waals surface area contributed by atoms with Crippen molar-refractivity contribution in [2.24, 2.45) is 0 Å². The number of nitrogens with zero attached hydrogens (tertiary/aromatic N) is 5. The van der Waals surface area contributed by atoms with Gasteiger partial charge >= 0.3 is 0 Å². The summed E-state index contributed by atoms with van der Waals surface area (Å²) in [5.41, 5.74) is 5.24. The summed E-state index contributed by atoms with van der Waals surface area (Å²) in [6.45, 7) is 8.29. The Labute approximate surface area is 201 Å². The molecule has 1 aliphatic rings. The van der Waals surface area contributed by atoms with Gasteiger partial charge in [-0.25, -0.2) is 9.97 Å². The summed E-state index contributed by atoms with van der Waals surface area (Å²) in [6.07, 6.45) is 6.75. The minimum atomic E-state index is -1.12. The average molecular weight is 468 g/mol. The second-order valence-corrected chi connectivity index (χ2v) is 16.0. The molecule has 0 fully saturated rings. The fourth-order valence-electron chi connectivity index (χ4n) is 4.65. The summed E-state index contributed by atoms with van der Waals surface area (Å²) < 4.78 is 7.97. The van der Waals surface area contributed by atoms with E-state index in [0.29, 0.717) is 19.6 Å². The van der Waals surface area contributed by atoms with Gasteiger partial charge in [0.1, 0.15) is 24.1 Å². The first kappa shape index (κ1) is 22.4. The monoisotopic (exact) mass is 467 g/mol. The van der Waals surface area contributed by atoms with Crippen LogP contribution in [0.25, 0.3) is 22.3 Å². The van der Waals surface area contributed by atoms with E-state index in [2.05, 4.69) is 52.8 Å². The summed E-state index contributed by atoms with van der Waals surface area (Å²) in [6, 6.07) is 18.0. The SMILES string of the molecule is C[Si](C)(C)CCOCn1ccc2c(-c3ccnc(C4(C#N)Cc5ccccc5C4)c3)ncnc21. The molecular formula is C27H29N5OSi.